The van der Waals surface area contributed by atoms with E-state index in [0.717, 1.165) is 0 Å². The Bertz CT molecular complexity index is 334. The number of phenolic OH excluding ortho intramolecular Hbond substituents is 3. The van der Waals surface area contributed by atoms with Gasteiger partial charge in [-0.15, -0.1) is 12.6 Å². The van der Waals surface area contributed by atoms with Gasteiger partial charge < -0.3 is 15.3 Å². The number of hydrogen-bond acceptors (Lipinski definition) is 4. The summed E-state index contributed by atoms with van der Waals surface area (Å²) < 4.78 is 0. The molecule has 0 saturated heterocycles. The van der Waals surface area contributed by atoms with Gasteiger partial charge in [0.1, 0.15) is 0 Å². The largest absolute Gasteiger partial charge is 0.504 e. The SMILES string of the molecule is CC(C)c1cc(S)c(O)c(O)c1O. The van der Waals surface area contributed by atoms with Gasteiger partial charge in [0.05, 0.1) is 4.90 Å². The first-order valence-corrected chi connectivity index (χ1v) is 4.36. The smallest absolute Gasteiger partial charge is 0.201 e. The van der Waals surface area contributed by atoms with Crippen molar-refractivity contribution in [2.24, 2.45) is 0 Å². The van der Waals surface area contributed by atoms with Crippen LogP contribution in [-0.2, 0) is 0 Å². The number of hydrogen-bond donors (Lipinski definition) is 4. The average molecular weight is 200 g/mol. The van der Waals surface area contributed by atoms with E-state index in [9.17, 15) is 15.3 Å². The summed E-state index contributed by atoms with van der Waals surface area (Å²) in [7, 11) is 0. The summed E-state index contributed by atoms with van der Waals surface area (Å²) in [5, 5.41) is 27.9. The Morgan fingerprint density at radius 3 is 2.08 bits per heavy atom. The highest BCUT2D eigenvalue weighted by Crippen LogP contribution is 2.44. The highest BCUT2D eigenvalue weighted by Gasteiger charge is 2.16. The predicted octanol–water partition coefficient (Wildman–Crippen LogP) is 2.22. The second kappa shape index (κ2) is 3.38. The van der Waals surface area contributed by atoms with E-state index in [1.807, 2.05) is 13.8 Å². The zero-order chi connectivity index (χ0) is 10.2. The lowest BCUT2D eigenvalue weighted by molar-refractivity contribution is 0.358. The molecule has 0 aliphatic rings. The summed E-state index contributed by atoms with van der Waals surface area (Å²) in [6.07, 6.45) is 0. The molecule has 0 spiro atoms. The van der Waals surface area contributed by atoms with Crippen molar-refractivity contribution >= 4 is 12.6 Å². The van der Waals surface area contributed by atoms with Crippen LogP contribution in [0.3, 0.4) is 0 Å². The number of thiol groups is 1. The van der Waals surface area contributed by atoms with Gasteiger partial charge >= 0.3 is 0 Å². The standard InChI is InChI=1S/C9H12O3S/c1-4(2)5-3-6(13)8(11)9(12)7(5)10/h3-4,10-13H,1-2H3. The van der Waals surface area contributed by atoms with Crippen LogP contribution in [0.5, 0.6) is 17.2 Å². The van der Waals surface area contributed by atoms with E-state index in [4.69, 9.17) is 0 Å². The van der Waals surface area contributed by atoms with Crippen molar-refractivity contribution in [3.8, 4) is 17.2 Å². The van der Waals surface area contributed by atoms with Crippen molar-refractivity contribution in [1.82, 2.24) is 0 Å². The third-order valence-electron chi connectivity index (χ3n) is 1.88. The Labute approximate surface area is 82.1 Å². The Hall–Kier alpha value is -1.03. The van der Waals surface area contributed by atoms with Crippen LogP contribution in [0.15, 0.2) is 11.0 Å². The Balaban J connectivity index is 3.41. The maximum absolute atomic E-state index is 9.43. The van der Waals surface area contributed by atoms with Crippen LogP contribution in [0.2, 0.25) is 0 Å². The first-order valence-electron chi connectivity index (χ1n) is 3.92. The van der Waals surface area contributed by atoms with E-state index in [-0.39, 0.29) is 22.3 Å². The molecule has 1 aromatic rings. The Morgan fingerprint density at radius 2 is 1.62 bits per heavy atom. The molecule has 1 aromatic carbocycles. The molecule has 0 heterocycles. The monoisotopic (exact) mass is 200 g/mol. The van der Waals surface area contributed by atoms with Crippen molar-refractivity contribution < 1.29 is 15.3 Å². The zero-order valence-electron chi connectivity index (χ0n) is 7.44. The molecule has 13 heavy (non-hydrogen) atoms. The van der Waals surface area contributed by atoms with E-state index in [0.29, 0.717) is 5.56 Å². The Morgan fingerprint density at radius 1 is 1.08 bits per heavy atom. The van der Waals surface area contributed by atoms with Gasteiger partial charge in [0.25, 0.3) is 0 Å². The van der Waals surface area contributed by atoms with E-state index in [1.54, 1.807) is 0 Å². The van der Waals surface area contributed by atoms with Gasteiger partial charge in [0.15, 0.2) is 11.5 Å². The van der Waals surface area contributed by atoms with Gasteiger partial charge in [-0.1, -0.05) is 13.8 Å². The van der Waals surface area contributed by atoms with Crippen molar-refractivity contribution in [1.29, 1.82) is 0 Å². The molecule has 0 radical (unpaired) electrons. The molecular formula is C9H12O3S. The highest BCUT2D eigenvalue weighted by molar-refractivity contribution is 7.80. The minimum absolute atomic E-state index is 0.0670. The lowest BCUT2D eigenvalue weighted by Gasteiger charge is -2.11. The number of phenols is 3. The van der Waals surface area contributed by atoms with Crippen LogP contribution in [0.1, 0.15) is 25.3 Å². The van der Waals surface area contributed by atoms with E-state index >= 15 is 0 Å². The van der Waals surface area contributed by atoms with Gasteiger partial charge in [-0.05, 0) is 12.0 Å². The maximum Gasteiger partial charge on any atom is 0.201 e. The minimum atomic E-state index is -0.504. The van der Waals surface area contributed by atoms with Crippen LogP contribution in [-0.4, -0.2) is 15.3 Å². The van der Waals surface area contributed by atoms with E-state index < -0.39 is 5.75 Å². The summed E-state index contributed by atoms with van der Waals surface area (Å²) in [5.74, 6) is -1.09. The van der Waals surface area contributed by atoms with Gasteiger partial charge in [0, 0.05) is 5.56 Å². The molecule has 1 rings (SSSR count). The van der Waals surface area contributed by atoms with Crippen LogP contribution in [0.4, 0.5) is 0 Å². The first kappa shape index (κ1) is 10.1. The fraction of sp³-hybridized carbons (Fsp3) is 0.333. The van der Waals surface area contributed by atoms with E-state index in [1.165, 1.54) is 6.07 Å². The van der Waals surface area contributed by atoms with Gasteiger partial charge in [-0.3, -0.25) is 0 Å². The van der Waals surface area contributed by atoms with Gasteiger partial charge in [-0.25, -0.2) is 0 Å². The van der Waals surface area contributed by atoms with Crippen molar-refractivity contribution in [2.45, 2.75) is 24.7 Å². The third kappa shape index (κ3) is 1.67. The summed E-state index contributed by atoms with van der Waals surface area (Å²) in [6.45, 7) is 3.75. The third-order valence-corrected chi connectivity index (χ3v) is 2.22. The second-order valence-corrected chi connectivity index (χ2v) is 3.67. The molecule has 3 nitrogen and oxygen atoms in total. The molecule has 0 saturated carbocycles. The minimum Gasteiger partial charge on any atom is -0.504 e. The zero-order valence-corrected chi connectivity index (χ0v) is 8.34. The van der Waals surface area contributed by atoms with Gasteiger partial charge in [-0.2, -0.15) is 0 Å². The maximum atomic E-state index is 9.43. The summed E-state index contributed by atoms with van der Waals surface area (Å²) in [4.78, 5) is 0.263. The summed E-state index contributed by atoms with van der Waals surface area (Å²) in [6, 6.07) is 1.54. The lowest BCUT2D eigenvalue weighted by Crippen LogP contribution is -1.89. The fourth-order valence-corrected chi connectivity index (χ4v) is 1.34. The van der Waals surface area contributed by atoms with Crippen LogP contribution in [0.25, 0.3) is 0 Å². The summed E-state index contributed by atoms with van der Waals surface area (Å²) in [5.41, 5.74) is 0.570. The molecule has 0 aliphatic carbocycles. The molecule has 0 fully saturated rings. The van der Waals surface area contributed by atoms with Crippen LogP contribution in [0, 0.1) is 0 Å². The number of aromatic hydroxyl groups is 3. The number of rotatable bonds is 1. The average Bonchev–Trinajstić information content (AvgIpc) is 2.07. The van der Waals surface area contributed by atoms with Crippen molar-refractivity contribution in [3.05, 3.63) is 11.6 Å². The fourth-order valence-electron chi connectivity index (χ4n) is 1.09. The molecule has 0 aromatic heterocycles. The van der Waals surface area contributed by atoms with Crippen molar-refractivity contribution in [3.63, 3.8) is 0 Å². The molecule has 0 bridgehead atoms. The predicted molar refractivity (Wildman–Crippen MR) is 52.8 cm³/mol. The molecule has 4 heteroatoms. The van der Waals surface area contributed by atoms with E-state index in [2.05, 4.69) is 12.6 Å². The normalized spacial score (nSPS) is 10.8. The molecule has 72 valence electrons. The number of benzene rings is 1. The summed E-state index contributed by atoms with van der Waals surface area (Å²) >= 11 is 3.96. The molecule has 3 N–H and O–H groups in total. The second-order valence-electron chi connectivity index (χ2n) is 3.19. The highest BCUT2D eigenvalue weighted by atomic mass is 32.1. The topological polar surface area (TPSA) is 60.7 Å². The molecule has 0 amide bonds. The molecule has 0 unspecified atom stereocenters. The lowest BCUT2D eigenvalue weighted by atomic mass is 10.0. The molecule has 0 atom stereocenters. The molecule has 0 aliphatic heterocycles. The van der Waals surface area contributed by atoms with Gasteiger partial charge in [0.2, 0.25) is 5.75 Å². The quantitative estimate of drug-likeness (QED) is 0.415. The van der Waals surface area contributed by atoms with Crippen LogP contribution < -0.4 is 0 Å². The van der Waals surface area contributed by atoms with Crippen molar-refractivity contribution in [2.75, 3.05) is 0 Å². The first-order chi connectivity index (χ1) is 5.95. The van der Waals surface area contributed by atoms with Crippen LogP contribution >= 0.6 is 12.6 Å². The molecular weight excluding hydrogens is 188 g/mol. The Kier molecular flexibility index (Phi) is 2.61.